The van der Waals surface area contributed by atoms with Gasteiger partial charge >= 0.3 is 0 Å². The lowest BCUT2D eigenvalue weighted by Crippen LogP contribution is -2.26. The highest BCUT2D eigenvalue weighted by molar-refractivity contribution is 7.99. The molecule has 0 saturated carbocycles. The number of nitrogen functional groups attached to an aromatic ring is 1. The maximum absolute atomic E-state index is 9.00. The van der Waals surface area contributed by atoms with E-state index in [1.165, 1.54) is 6.42 Å². The number of pyridine rings is 1. The van der Waals surface area contributed by atoms with E-state index in [0.717, 1.165) is 37.0 Å². The topological polar surface area (TPSA) is 65.9 Å². The molecule has 18 heavy (non-hydrogen) atoms. The Morgan fingerprint density at radius 2 is 2.33 bits per heavy atom. The summed E-state index contributed by atoms with van der Waals surface area (Å²) in [7, 11) is 0. The normalized spacial score (nSPS) is 20.2. The fourth-order valence-electron chi connectivity index (χ4n) is 2.32. The van der Waals surface area contributed by atoms with Gasteiger partial charge in [-0.2, -0.15) is 17.0 Å². The zero-order chi connectivity index (χ0) is 13.0. The number of nitrogens with zero attached hydrogens (tertiary/aromatic N) is 3. The molecule has 5 heteroatoms. The summed E-state index contributed by atoms with van der Waals surface area (Å²) in [5.41, 5.74) is 7.05. The Bertz CT molecular complexity index is 455. The average Bonchev–Trinajstić information content (AvgIpc) is 2.64. The first-order valence-electron chi connectivity index (χ1n) is 6.18. The van der Waals surface area contributed by atoms with E-state index in [1.807, 2.05) is 11.8 Å². The minimum Gasteiger partial charge on any atom is -0.395 e. The third-order valence-electron chi connectivity index (χ3n) is 3.40. The van der Waals surface area contributed by atoms with Crippen LogP contribution in [0.4, 0.5) is 11.5 Å². The van der Waals surface area contributed by atoms with E-state index in [2.05, 4.69) is 22.2 Å². The summed E-state index contributed by atoms with van der Waals surface area (Å²) >= 11 is 1.94. The van der Waals surface area contributed by atoms with Crippen molar-refractivity contribution >= 4 is 23.3 Å². The summed E-state index contributed by atoms with van der Waals surface area (Å²) in [6, 6.07) is 3.78. The molecule has 1 aliphatic heterocycles. The Kier molecular flexibility index (Phi) is 4.32. The lowest BCUT2D eigenvalue weighted by atomic mass is 10.2. The summed E-state index contributed by atoms with van der Waals surface area (Å²) in [5.74, 6) is 0.774. The number of hydrogen-bond acceptors (Lipinski definition) is 5. The predicted octanol–water partition coefficient (Wildman–Crippen LogP) is 2.26. The largest absolute Gasteiger partial charge is 0.395 e. The van der Waals surface area contributed by atoms with Crippen molar-refractivity contribution in [3.63, 3.8) is 0 Å². The first-order chi connectivity index (χ1) is 8.76. The molecule has 4 nitrogen and oxygen atoms in total. The third-order valence-corrected chi connectivity index (χ3v) is 4.54. The monoisotopic (exact) mass is 262 g/mol. The fraction of sp³-hybridized carbons (Fsp3) is 0.538. The maximum Gasteiger partial charge on any atom is 0.153 e. The van der Waals surface area contributed by atoms with Gasteiger partial charge in [0.2, 0.25) is 0 Å². The van der Waals surface area contributed by atoms with Crippen LogP contribution >= 0.6 is 11.8 Å². The van der Waals surface area contributed by atoms with Gasteiger partial charge in [-0.15, -0.1) is 0 Å². The first-order valence-corrected chi connectivity index (χ1v) is 7.47. The molecule has 96 valence electrons. The molecule has 1 fully saturated rings. The van der Waals surface area contributed by atoms with E-state index >= 15 is 0 Å². The van der Waals surface area contributed by atoms with Crippen LogP contribution in [0.25, 0.3) is 0 Å². The first kappa shape index (κ1) is 13.0. The smallest absolute Gasteiger partial charge is 0.153 e. The van der Waals surface area contributed by atoms with Crippen molar-refractivity contribution in [3.8, 4) is 6.07 Å². The second-order valence-electron chi connectivity index (χ2n) is 4.48. The van der Waals surface area contributed by atoms with E-state index in [0.29, 0.717) is 11.3 Å². The van der Waals surface area contributed by atoms with Crippen molar-refractivity contribution < 1.29 is 0 Å². The lowest BCUT2D eigenvalue weighted by molar-refractivity contribution is 0.745. The minimum atomic E-state index is 0.516. The van der Waals surface area contributed by atoms with Crippen molar-refractivity contribution in [1.29, 1.82) is 5.26 Å². The Labute approximate surface area is 112 Å². The quantitative estimate of drug-likeness (QED) is 0.885. The molecule has 0 amide bonds. The SMILES string of the molecule is CSC1CCCN(c2nccc(C#N)c2N)CC1. The molecule has 0 spiro atoms. The van der Waals surface area contributed by atoms with Gasteiger partial charge in [-0.05, 0) is 31.6 Å². The van der Waals surface area contributed by atoms with E-state index in [1.54, 1.807) is 12.3 Å². The molecule has 2 N–H and O–H groups in total. The predicted molar refractivity (Wildman–Crippen MR) is 76.7 cm³/mol. The Balaban J connectivity index is 2.19. The number of thioether (sulfide) groups is 1. The van der Waals surface area contributed by atoms with Gasteiger partial charge in [-0.25, -0.2) is 4.98 Å². The molecule has 1 unspecified atom stereocenters. The van der Waals surface area contributed by atoms with Gasteiger partial charge in [0.15, 0.2) is 5.82 Å². The van der Waals surface area contributed by atoms with Crippen LogP contribution in [0.15, 0.2) is 12.3 Å². The molecule has 0 aromatic carbocycles. The molecule has 1 aliphatic rings. The molecule has 1 aromatic rings. The summed E-state index contributed by atoms with van der Waals surface area (Å²) in [4.78, 5) is 6.56. The average molecular weight is 262 g/mol. The van der Waals surface area contributed by atoms with Crippen LogP contribution in [0, 0.1) is 11.3 Å². The molecule has 0 bridgehead atoms. The van der Waals surface area contributed by atoms with Crippen LogP contribution in [0.2, 0.25) is 0 Å². The molecule has 0 aliphatic carbocycles. The van der Waals surface area contributed by atoms with E-state index < -0.39 is 0 Å². The van der Waals surface area contributed by atoms with E-state index in [9.17, 15) is 0 Å². The number of nitrogens with two attached hydrogens (primary N) is 1. The van der Waals surface area contributed by atoms with Gasteiger partial charge in [0.05, 0.1) is 11.3 Å². The molecule has 1 atom stereocenters. The maximum atomic E-state index is 9.00. The standard InChI is InChI=1S/C13H18N4S/c1-18-11-3-2-7-17(8-5-11)13-12(15)10(9-14)4-6-16-13/h4,6,11H,2-3,5,7-8,15H2,1H3. The van der Waals surface area contributed by atoms with Crippen molar-refractivity contribution in [3.05, 3.63) is 17.8 Å². The number of rotatable bonds is 2. The van der Waals surface area contributed by atoms with E-state index in [-0.39, 0.29) is 0 Å². The Morgan fingerprint density at radius 1 is 1.50 bits per heavy atom. The molecule has 1 saturated heterocycles. The van der Waals surface area contributed by atoms with Gasteiger partial charge in [-0.1, -0.05) is 0 Å². The number of aromatic nitrogens is 1. The zero-order valence-corrected chi connectivity index (χ0v) is 11.4. The second-order valence-corrected chi connectivity index (χ2v) is 5.62. The fourth-order valence-corrected chi connectivity index (χ4v) is 3.07. The van der Waals surface area contributed by atoms with Crippen LogP contribution in [-0.2, 0) is 0 Å². The summed E-state index contributed by atoms with van der Waals surface area (Å²) < 4.78 is 0. The molecule has 2 heterocycles. The summed E-state index contributed by atoms with van der Waals surface area (Å²) in [6.07, 6.45) is 7.39. The van der Waals surface area contributed by atoms with Crippen molar-refractivity contribution in [2.24, 2.45) is 0 Å². The second kappa shape index (κ2) is 5.96. The van der Waals surface area contributed by atoms with Gasteiger partial charge in [0.25, 0.3) is 0 Å². The number of nitriles is 1. The van der Waals surface area contributed by atoms with E-state index in [4.69, 9.17) is 11.0 Å². The highest BCUT2D eigenvalue weighted by Gasteiger charge is 2.19. The molecule has 0 radical (unpaired) electrons. The van der Waals surface area contributed by atoms with Gasteiger partial charge < -0.3 is 10.6 Å². The Hall–Kier alpha value is -1.41. The van der Waals surface area contributed by atoms with Crippen LogP contribution in [0.5, 0.6) is 0 Å². The Morgan fingerprint density at radius 3 is 3.06 bits per heavy atom. The number of hydrogen-bond donors (Lipinski definition) is 1. The molecule has 2 rings (SSSR count). The highest BCUT2D eigenvalue weighted by atomic mass is 32.2. The van der Waals surface area contributed by atoms with Crippen LogP contribution < -0.4 is 10.6 Å². The molecular weight excluding hydrogens is 244 g/mol. The lowest BCUT2D eigenvalue weighted by Gasteiger charge is -2.23. The highest BCUT2D eigenvalue weighted by Crippen LogP contribution is 2.28. The molecule has 1 aromatic heterocycles. The zero-order valence-electron chi connectivity index (χ0n) is 10.6. The van der Waals surface area contributed by atoms with Crippen molar-refractivity contribution in [2.75, 3.05) is 30.0 Å². The van der Waals surface area contributed by atoms with Crippen LogP contribution in [0.3, 0.4) is 0 Å². The van der Waals surface area contributed by atoms with Crippen molar-refractivity contribution in [2.45, 2.75) is 24.5 Å². The third kappa shape index (κ3) is 2.70. The van der Waals surface area contributed by atoms with Crippen LogP contribution in [0.1, 0.15) is 24.8 Å². The minimum absolute atomic E-state index is 0.516. The summed E-state index contributed by atoms with van der Waals surface area (Å²) in [5, 5.41) is 9.73. The number of anilines is 2. The van der Waals surface area contributed by atoms with Gasteiger partial charge in [-0.3, -0.25) is 0 Å². The molecular formula is C13H18N4S. The summed E-state index contributed by atoms with van der Waals surface area (Å²) in [6.45, 7) is 1.95. The van der Waals surface area contributed by atoms with Crippen LogP contribution in [-0.4, -0.2) is 29.6 Å². The van der Waals surface area contributed by atoms with Crippen molar-refractivity contribution in [1.82, 2.24) is 4.98 Å². The van der Waals surface area contributed by atoms with Gasteiger partial charge in [0.1, 0.15) is 6.07 Å². The van der Waals surface area contributed by atoms with Gasteiger partial charge in [0, 0.05) is 24.5 Å².